The number of rotatable bonds is 9. The largest absolute Gasteiger partial charge is 0.497 e. The van der Waals surface area contributed by atoms with Gasteiger partial charge in [0.1, 0.15) is 11.8 Å². The third-order valence-electron chi connectivity index (χ3n) is 5.00. The summed E-state index contributed by atoms with van der Waals surface area (Å²) < 4.78 is 33.6. The lowest BCUT2D eigenvalue weighted by atomic mass is 10.0. The van der Waals surface area contributed by atoms with E-state index in [4.69, 9.17) is 16.3 Å². The normalized spacial score (nSPS) is 13.2. The predicted octanol–water partition coefficient (Wildman–Crippen LogP) is 4.12. The summed E-state index contributed by atoms with van der Waals surface area (Å²) in [4.78, 5) is 13.2. The molecule has 2 N–H and O–H groups in total. The summed E-state index contributed by atoms with van der Waals surface area (Å²) in [5, 5.41) is 3.34. The number of methoxy groups -OCH3 is 1. The number of hydrogen-bond donors (Lipinski definition) is 2. The summed E-state index contributed by atoms with van der Waals surface area (Å²) in [6.07, 6.45) is 0.203. The van der Waals surface area contributed by atoms with Crippen molar-refractivity contribution in [2.45, 2.75) is 30.3 Å². The summed E-state index contributed by atoms with van der Waals surface area (Å²) in [5.74, 6) is 0.291. The van der Waals surface area contributed by atoms with Crippen LogP contribution >= 0.6 is 11.6 Å². The van der Waals surface area contributed by atoms with E-state index in [9.17, 15) is 13.2 Å². The maximum absolute atomic E-state index is 13.1. The standard InChI is InChI=1S/C24H25ClN2O4S/c1-17(19-8-12-21(31-2)13-9-19)26-24(28)23(16-18-6-4-3-5-7-18)27-32(29,30)22-14-10-20(25)11-15-22/h3-15,17,23,27H,16H2,1-2H3,(H,26,28)/t17-,23+/m0/s1. The Kier molecular flexibility index (Phi) is 7.90. The maximum atomic E-state index is 13.1. The van der Waals surface area contributed by atoms with Crippen LogP contribution in [0.3, 0.4) is 0 Å². The minimum atomic E-state index is -3.94. The fourth-order valence-corrected chi connectivity index (χ4v) is 4.52. The van der Waals surface area contributed by atoms with Crippen molar-refractivity contribution in [3.8, 4) is 5.75 Å². The lowest BCUT2D eigenvalue weighted by Gasteiger charge is -2.22. The first-order valence-corrected chi connectivity index (χ1v) is 11.9. The van der Waals surface area contributed by atoms with Gasteiger partial charge in [0.05, 0.1) is 18.0 Å². The van der Waals surface area contributed by atoms with E-state index >= 15 is 0 Å². The Hall–Kier alpha value is -2.87. The first-order valence-electron chi connectivity index (χ1n) is 10.0. The lowest BCUT2D eigenvalue weighted by molar-refractivity contribution is -0.123. The molecule has 0 saturated heterocycles. The van der Waals surface area contributed by atoms with Crippen LogP contribution in [0.25, 0.3) is 0 Å². The Balaban J connectivity index is 1.81. The molecular formula is C24H25ClN2O4S. The van der Waals surface area contributed by atoms with Gasteiger partial charge in [0.25, 0.3) is 0 Å². The molecule has 0 aliphatic carbocycles. The van der Waals surface area contributed by atoms with Gasteiger partial charge in [-0.05, 0) is 60.9 Å². The van der Waals surface area contributed by atoms with Gasteiger partial charge >= 0.3 is 0 Å². The molecule has 3 aromatic rings. The topological polar surface area (TPSA) is 84.5 Å². The molecule has 1 amide bonds. The van der Waals surface area contributed by atoms with Gasteiger partial charge in [-0.25, -0.2) is 8.42 Å². The lowest BCUT2D eigenvalue weighted by Crippen LogP contribution is -2.48. The average Bonchev–Trinajstić information content (AvgIpc) is 2.79. The number of nitrogens with one attached hydrogen (secondary N) is 2. The van der Waals surface area contributed by atoms with Crippen molar-refractivity contribution < 1.29 is 17.9 Å². The number of sulfonamides is 1. The van der Waals surface area contributed by atoms with Crippen molar-refractivity contribution in [2.75, 3.05) is 7.11 Å². The first-order chi connectivity index (χ1) is 15.3. The molecule has 168 valence electrons. The van der Waals surface area contributed by atoms with E-state index in [0.717, 1.165) is 11.1 Å². The number of hydrogen-bond acceptors (Lipinski definition) is 4. The number of benzene rings is 3. The van der Waals surface area contributed by atoms with E-state index in [0.29, 0.717) is 10.8 Å². The monoisotopic (exact) mass is 472 g/mol. The minimum absolute atomic E-state index is 0.0379. The first kappa shape index (κ1) is 23.8. The third-order valence-corrected chi connectivity index (χ3v) is 6.73. The summed E-state index contributed by atoms with van der Waals surface area (Å²) in [5.41, 5.74) is 1.71. The molecule has 0 saturated carbocycles. The van der Waals surface area contributed by atoms with Crippen LogP contribution in [-0.4, -0.2) is 27.5 Å². The number of halogens is 1. The van der Waals surface area contributed by atoms with Gasteiger partial charge in [-0.3, -0.25) is 4.79 Å². The predicted molar refractivity (Wildman–Crippen MR) is 125 cm³/mol. The van der Waals surface area contributed by atoms with E-state index in [1.807, 2.05) is 61.5 Å². The molecule has 0 spiro atoms. The number of amides is 1. The van der Waals surface area contributed by atoms with Crippen LogP contribution in [-0.2, 0) is 21.2 Å². The van der Waals surface area contributed by atoms with E-state index in [1.54, 1.807) is 7.11 Å². The molecule has 0 unspecified atom stereocenters. The second kappa shape index (κ2) is 10.6. The highest BCUT2D eigenvalue weighted by Gasteiger charge is 2.27. The van der Waals surface area contributed by atoms with Crippen LogP contribution in [0.15, 0.2) is 83.8 Å². The third kappa shape index (κ3) is 6.32. The highest BCUT2D eigenvalue weighted by Crippen LogP contribution is 2.19. The number of carbonyl (C=O) groups excluding carboxylic acids is 1. The van der Waals surface area contributed by atoms with E-state index in [-0.39, 0.29) is 17.4 Å². The van der Waals surface area contributed by atoms with Crippen molar-refractivity contribution >= 4 is 27.5 Å². The van der Waals surface area contributed by atoms with Crippen LogP contribution in [0.2, 0.25) is 5.02 Å². The molecule has 6 nitrogen and oxygen atoms in total. The molecule has 0 heterocycles. The fraction of sp³-hybridized carbons (Fsp3) is 0.208. The van der Waals surface area contributed by atoms with Gasteiger partial charge in [-0.15, -0.1) is 0 Å². The molecule has 0 fully saturated rings. The van der Waals surface area contributed by atoms with Crippen LogP contribution in [0, 0.1) is 0 Å². The fourth-order valence-electron chi connectivity index (χ4n) is 3.20. The van der Waals surface area contributed by atoms with Crippen LogP contribution < -0.4 is 14.8 Å². The van der Waals surface area contributed by atoms with Crippen molar-refractivity contribution in [1.82, 2.24) is 10.0 Å². The zero-order valence-electron chi connectivity index (χ0n) is 17.8. The Morgan fingerprint density at radius 1 is 0.969 bits per heavy atom. The van der Waals surface area contributed by atoms with Gasteiger partial charge in [0, 0.05) is 5.02 Å². The molecule has 0 aromatic heterocycles. The second-order valence-corrected chi connectivity index (χ2v) is 9.47. The van der Waals surface area contributed by atoms with Crippen molar-refractivity contribution in [2.24, 2.45) is 0 Å². The summed E-state index contributed by atoms with van der Waals surface area (Å²) in [7, 11) is -2.35. The van der Waals surface area contributed by atoms with E-state index < -0.39 is 22.0 Å². The van der Waals surface area contributed by atoms with Gasteiger partial charge in [0.2, 0.25) is 15.9 Å². The minimum Gasteiger partial charge on any atom is -0.497 e. The molecule has 2 atom stereocenters. The van der Waals surface area contributed by atoms with Crippen molar-refractivity contribution in [3.05, 3.63) is 95.0 Å². The highest BCUT2D eigenvalue weighted by atomic mass is 35.5. The Morgan fingerprint density at radius 3 is 2.19 bits per heavy atom. The van der Waals surface area contributed by atoms with E-state index in [1.165, 1.54) is 24.3 Å². The molecular weight excluding hydrogens is 448 g/mol. The average molecular weight is 473 g/mol. The van der Waals surface area contributed by atoms with Crippen molar-refractivity contribution in [1.29, 1.82) is 0 Å². The summed E-state index contributed by atoms with van der Waals surface area (Å²) in [6.45, 7) is 1.84. The van der Waals surface area contributed by atoms with Gasteiger partial charge in [-0.2, -0.15) is 4.72 Å². The molecule has 0 aliphatic rings. The molecule has 0 aliphatic heterocycles. The molecule has 3 rings (SSSR count). The van der Waals surface area contributed by atoms with Crippen molar-refractivity contribution in [3.63, 3.8) is 0 Å². The highest BCUT2D eigenvalue weighted by molar-refractivity contribution is 7.89. The van der Waals surface area contributed by atoms with E-state index in [2.05, 4.69) is 10.0 Å². The van der Waals surface area contributed by atoms with Gasteiger partial charge < -0.3 is 10.1 Å². The molecule has 8 heteroatoms. The van der Waals surface area contributed by atoms with Crippen LogP contribution in [0.1, 0.15) is 24.1 Å². The van der Waals surface area contributed by atoms with Crippen LogP contribution in [0.4, 0.5) is 0 Å². The van der Waals surface area contributed by atoms with Crippen LogP contribution in [0.5, 0.6) is 5.75 Å². The second-order valence-electron chi connectivity index (χ2n) is 7.32. The number of carbonyl (C=O) groups is 1. The molecule has 0 radical (unpaired) electrons. The molecule has 0 bridgehead atoms. The quantitative estimate of drug-likeness (QED) is 0.490. The number of ether oxygens (including phenoxy) is 1. The molecule has 3 aromatic carbocycles. The Morgan fingerprint density at radius 2 is 1.59 bits per heavy atom. The SMILES string of the molecule is COc1ccc([C@H](C)NC(=O)[C@@H](Cc2ccccc2)NS(=O)(=O)c2ccc(Cl)cc2)cc1. The zero-order valence-corrected chi connectivity index (χ0v) is 19.4. The Labute approximate surface area is 193 Å². The Bertz CT molecular complexity index is 1130. The van der Waals surface area contributed by atoms with Gasteiger partial charge in [0.15, 0.2) is 0 Å². The summed E-state index contributed by atoms with van der Waals surface area (Å²) in [6, 6.07) is 21.1. The smallest absolute Gasteiger partial charge is 0.241 e. The van der Waals surface area contributed by atoms with Gasteiger partial charge in [-0.1, -0.05) is 54.1 Å². The zero-order chi connectivity index (χ0) is 23.1. The summed E-state index contributed by atoms with van der Waals surface area (Å²) >= 11 is 5.87. The molecule has 32 heavy (non-hydrogen) atoms. The maximum Gasteiger partial charge on any atom is 0.241 e.